The SMILES string of the molecule is CCC(CC)(CC)COCNOC. The molecule has 0 saturated carbocycles. The fourth-order valence-electron chi connectivity index (χ4n) is 1.42. The van der Waals surface area contributed by atoms with Gasteiger partial charge in [0.2, 0.25) is 0 Å². The van der Waals surface area contributed by atoms with Crippen molar-refractivity contribution in [1.29, 1.82) is 0 Å². The van der Waals surface area contributed by atoms with E-state index in [9.17, 15) is 0 Å². The standard InChI is InChI=1S/C10H23NO2/c1-5-10(6-2,7-3)8-13-9-11-12-4/h11H,5-9H2,1-4H3. The Labute approximate surface area is 81.8 Å². The van der Waals surface area contributed by atoms with Crippen LogP contribution < -0.4 is 5.48 Å². The molecule has 0 spiro atoms. The lowest BCUT2D eigenvalue weighted by Gasteiger charge is -2.29. The van der Waals surface area contributed by atoms with E-state index < -0.39 is 0 Å². The smallest absolute Gasteiger partial charge is 0.119 e. The van der Waals surface area contributed by atoms with Gasteiger partial charge in [0.05, 0.1) is 13.7 Å². The van der Waals surface area contributed by atoms with Crippen LogP contribution in [-0.4, -0.2) is 20.4 Å². The van der Waals surface area contributed by atoms with Gasteiger partial charge in [0.25, 0.3) is 0 Å². The monoisotopic (exact) mass is 189 g/mol. The number of hydrogen-bond donors (Lipinski definition) is 1. The van der Waals surface area contributed by atoms with Crippen LogP contribution in [0.15, 0.2) is 0 Å². The van der Waals surface area contributed by atoms with Crippen LogP contribution >= 0.6 is 0 Å². The quantitative estimate of drug-likeness (QED) is 0.361. The second kappa shape index (κ2) is 7.30. The second-order valence-electron chi connectivity index (χ2n) is 3.40. The zero-order valence-corrected chi connectivity index (χ0v) is 9.35. The fourth-order valence-corrected chi connectivity index (χ4v) is 1.42. The highest BCUT2D eigenvalue weighted by Gasteiger charge is 2.23. The van der Waals surface area contributed by atoms with Gasteiger partial charge < -0.3 is 9.57 Å². The van der Waals surface area contributed by atoms with Crippen molar-refractivity contribution in [2.24, 2.45) is 5.41 Å². The highest BCUT2D eigenvalue weighted by atomic mass is 16.7. The Kier molecular flexibility index (Phi) is 7.23. The molecule has 0 aromatic carbocycles. The predicted octanol–water partition coefficient (Wildman–Crippen LogP) is 2.33. The van der Waals surface area contributed by atoms with E-state index in [1.807, 2.05) is 0 Å². The average molecular weight is 189 g/mol. The molecule has 1 N–H and O–H groups in total. The van der Waals surface area contributed by atoms with E-state index in [0.29, 0.717) is 12.1 Å². The lowest BCUT2D eigenvalue weighted by Crippen LogP contribution is -2.27. The molecule has 0 atom stereocenters. The summed E-state index contributed by atoms with van der Waals surface area (Å²) < 4.78 is 5.48. The van der Waals surface area contributed by atoms with E-state index in [1.54, 1.807) is 7.11 Å². The van der Waals surface area contributed by atoms with Crippen molar-refractivity contribution >= 4 is 0 Å². The van der Waals surface area contributed by atoms with Crippen LogP contribution in [0.2, 0.25) is 0 Å². The van der Waals surface area contributed by atoms with Gasteiger partial charge in [-0.25, -0.2) is 0 Å². The molecule has 0 aliphatic carbocycles. The average Bonchev–Trinajstić information content (AvgIpc) is 2.20. The highest BCUT2D eigenvalue weighted by Crippen LogP contribution is 2.30. The summed E-state index contributed by atoms with van der Waals surface area (Å²) in [5.41, 5.74) is 3.03. The zero-order chi connectivity index (χ0) is 10.2. The molecule has 0 aliphatic heterocycles. The van der Waals surface area contributed by atoms with Crippen molar-refractivity contribution in [1.82, 2.24) is 5.48 Å². The van der Waals surface area contributed by atoms with Crippen molar-refractivity contribution < 1.29 is 9.57 Å². The van der Waals surface area contributed by atoms with Gasteiger partial charge in [-0.2, -0.15) is 5.48 Å². The number of nitrogens with one attached hydrogen (secondary N) is 1. The third kappa shape index (κ3) is 4.60. The molecule has 0 aliphatic rings. The molecule has 0 amide bonds. The van der Waals surface area contributed by atoms with Gasteiger partial charge in [-0.1, -0.05) is 20.8 Å². The topological polar surface area (TPSA) is 30.5 Å². The molecule has 80 valence electrons. The Morgan fingerprint density at radius 2 is 1.62 bits per heavy atom. The van der Waals surface area contributed by atoms with Gasteiger partial charge in [-0.15, -0.1) is 0 Å². The maximum atomic E-state index is 5.48. The zero-order valence-electron chi connectivity index (χ0n) is 9.35. The summed E-state index contributed by atoms with van der Waals surface area (Å²) in [6, 6.07) is 0. The highest BCUT2D eigenvalue weighted by molar-refractivity contribution is 4.73. The van der Waals surface area contributed by atoms with Crippen molar-refractivity contribution in [3.8, 4) is 0 Å². The summed E-state index contributed by atoms with van der Waals surface area (Å²) in [6.45, 7) is 7.95. The molecule has 0 heterocycles. The van der Waals surface area contributed by atoms with Crippen LogP contribution in [0.5, 0.6) is 0 Å². The van der Waals surface area contributed by atoms with Crippen molar-refractivity contribution in [3.05, 3.63) is 0 Å². The van der Waals surface area contributed by atoms with E-state index in [2.05, 4.69) is 31.1 Å². The Hall–Kier alpha value is -0.120. The maximum Gasteiger partial charge on any atom is 0.119 e. The number of rotatable bonds is 8. The minimum Gasteiger partial charge on any atom is -0.364 e. The second-order valence-corrected chi connectivity index (χ2v) is 3.40. The lowest BCUT2D eigenvalue weighted by atomic mass is 9.81. The summed E-state index contributed by atoms with van der Waals surface area (Å²) in [7, 11) is 1.59. The third-order valence-electron chi connectivity index (χ3n) is 2.96. The van der Waals surface area contributed by atoms with Crippen LogP contribution in [0.4, 0.5) is 0 Å². The van der Waals surface area contributed by atoms with E-state index in [1.165, 1.54) is 19.3 Å². The Morgan fingerprint density at radius 3 is 2.00 bits per heavy atom. The molecule has 0 rings (SSSR count). The Bertz CT molecular complexity index is 105. The molecule has 0 aromatic rings. The molecular formula is C10H23NO2. The van der Waals surface area contributed by atoms with Crippen molar-refractivity contribution in [2.45, 2.75) is 40.0 Å². The first-order valence-electron chi connectivity index (χ1n) is 5.08. The van der Waals surface area contributed by atoms with E-state index in [-0.39, 0.29) is 0 Å². The molecular weight excluding hydrogens is 166 g/mol. The van der Waals surface area contributed by atoms with Gasteiger partial charge in [-0.3, -0.25) is 0 Å². The minimum atomic E-state index is 0.357. The largest absolute Gasteiger partial charge is 0.364 e. The fraction of sp³-hybridized carbons (Fsp3) is 1.00. The van der Waals surface area contributed by atoms with E-state index in [4.69, 9.17) is 4.74 Å². The molecule has 0 aromatic heterocycles. The molecule has 0 fully saturated rings. The number of hydroxylamine groups is 1. The first-order chi connectivity index (χ1) is 6.24. The number of hydrogen-bond acceptors (Lipinski definition) is 3. The van der Waals surface area contributed by atoms with Crippen LogP contribution in [-0.2, 0) is 9.57 Å². The summed E-state index contributed by atoms with van der Waals surface area (Å²) in [5.74, 6) is 0. The lowest BCUT2D eigenvalue weighted by molar-refractivity contribution is -0.0397. The predicted molar refractivity (Wildman–Crippen MR) is 54.3 cm³/mol. The minimum absolute atomic E-state index is 0.357. The molecule has 0 saturated heterocycles. The molecule has 13 heavy (non-hydrogen) atoms. The number of ether oxygens (including phenoxy) is 1. The molecule has 0 radical (unpaired) electrons. The third-order valence-corrected chi connectivity index (χ3v) is 2.96. The first kappa shape index (κ1) is 12.9. The van der Waals surface area contributed by atoms with Crippen LogP contribution in [0.3, 0.4) is 0 Å². The van der Waals surface area contributed by atoms with Crippen LogP contribution in [0.1, 0.15) is 40.0 Å². The molecule has 3 nitrogen and oxygen atoms in total. The van der Waals surface area contributed by atoms with Gasteiger partial charge >= 0.3 is 0 Å². The summed E-state index contributed by atoms with van der Waals surface area (Å²) >= 11 is 0. The normalized spacial score (nSPS) is 12.0. The van der Waals surface area contributed by atoms with Gasteiger partial charge in [-0.05, 0) is 24.7 Å². The van der Waals surface area contributed by atoms with Gasteiger partial charge in [0, 0.05) is 0 Å². The van der Waals surface area contributed by atoms with Crippen molar-refractivity contribution in [3.63, 3.8) is 0 Å². The Morgan fingerprint density at radius 1 is 1.08 bits per heavy atom. The molecule has 0 bridgehead atoms. The first-order valence-corrected chi connectivity index (χ1v) is 5.08. The van der Waals surface area contributed by atoms with Crippen LogP contribution in [0, 0.1) is 5.41 Å². The summed E-state index contributed by atoms with van der Waals surface area (Å²) in [6.07, 6.45) is 3.52. The van der Waals surface area contributed by atoms with Crippen molar-refractivity contribution in [2.75, 3.05) is 20.4 Å². The van der Waals surface area contributed by atoms with E-state index in [0.717, 1.165) is 6.61 Å². The molecule has 0 unspecified atom stereocenters. The van der Waals surface area contributed by atoms with Gasteiger partial charge in [0.1, 0.15) is 6.73 Å². The summed E-state index contributed by atoms with van der Waals surface area (Å²) in [4.78, 5) is 4.68. The molecule has 3 heteroatoms. The summed E-state index contributed by atoms with van der Waals surface area (Å²) in [5, 5.41) is 0. The van der Waals surface area contributed by atoms with Crippen LogP contribution in [0.25, 0.3) is 0 Å². The Balaban J connectivity index is 3.68. The van der Waals surface area contributed by atoms with E-state index >= 15 is 0 Å². The van der Waals surface area contributed by atoms with Gasteiger partial charge in [0.15, 0.2) is 0 Å². The maximum absolute atomic E-state index is 5.48.